The van der Waals surface area contributed by atoms with Gasteiger partial charge in [0.1, 0.15) is 11.5 Å². The normalized spacial score (nSPS) is 12.8. The van der Waals surface area contributed by atoms with Gasteiger partial charge in [0, 0.05) is 6.20 Å². The Hall–Kier alpha value is -0.960. The second-order valence-corrected chi connectivity index (χ2v) is 3.03. The Kier molecular flexibility index (Phi) is 3.83. The summed E-state index contributed by atoms with van der Waals surface area (Å²) in [5.41, 5.74) is 0.163. The van der Waals surface area contributed by atoms with Gasteiger partial charge in [-0.25, -0.2) is 4.39 Å². The fraction of sp³-hybridized carbons (Fsp3) is 0.500. The molecule has 1 aromatic rings. The van der Waals surface area contributed by atoms with Crippen molar-refractivity contribution in [2.45, 2.75) is 32.3 Å². The summed E-state index contributed by atoms with van der Waals surface area (Å²) in [6.45, 7) is 2.03. The highest BCUT2D eigenvalue weighted by Crippen LogP contribution is 2.19. The molecule has 1 N–H and O–H groups in total. The molecule has 1 rings (SSSR count). The maximum atomic E-state index is 13.0. The lowest BCUT2D eigenvalue weighted by Gasteiger charge is -2.09. The van der Waals surface area contributed by atoms with Gasteiger partial charge in [-0.2, -0.15) is 0 Å². The number of aliphatic hydroxyl groups excluding tert-OH is 1. The summed E-state index contributed by atoms with van der Waals surface area (Å²) in [5, 5.41) is 9.53. The standard InChI is InChI=1S/C10H14FNO/c1-2-3-6-9(13)10-8(11)5-4-7-12-10/h4-5,7,9,13H,2-3,6H2,1H3. The summed E-state index contributed by atoms with van der Waals surface area (Å²) in [4.78, 5) is 3.81. The third-order valence-corrected chi connectivity index (χ3v) is 1.93. The van der Waals surface area contributed by atoms with Gasteiger partial charge in [0.2, 0.25) is 0 Å². The average molecular weight is 183 g/mol. The van der Waals surface area contributed by atoms with Crippen molar-refractivity contribution in [2.75, 3.05) is 0 Å². The topological polar surface area (TPSA) is 33.1 Å². The summed E-state index contributed by atoms with van der Waals surface area (Å²) in [7, 11) is 0. The first-order chi connectivity index (χ1) is 6.25. The molecule has 0 radical (unpaired) electrons. The Morgan fingerprint density at radius 1 is 1.62 bits per heavy atom. The lowest BCUT2D eigenvalue weighted by Crippen LogP contribution is -2.03. The van der Waals surface area contributed by atoms with Crippen molar-refractivity contribution in [1.29, 1.82) is 0 Å². The maximum Gasteiger partial charge on any atom is 0.147 e. The van der Waals surface area contributed by atoms with E-state index in [1.54, 1.807) is 0 Å². The van der Waals surface area contributed by atoms with E-state index in [2.05, 4.69) is 4.98 Å². The van der Waals surface area contributed by atoms with Crippen molar-refractivity contribution in [2.24, 2.45) is 0 Å². The molecule has 0 saturated heterocycles. The van der Waals surface area contributed by atoms with Gasteiger partial charge < -0.3 is 5.11 Å². The third kappa shape index (κ3) is 2.77. The van der Waals surface area contributed by atoms with Gasteiger partial charge in [0.05, 0.1) is 6.10 Å². The van der Waals surface area contributed by atoms with Gasteiger partial charge in [0.25, 0.3) is 0 Å². The van der Waals surface area contributed by atoms with Crippen LogP contribution in [0.5, 0.6) is 0 Å². The fourth-order valence-electron chi connectivity index (χ4n) is 1.18. The summed E-state index contributed by atoms with van der Waals surface area (Å²) >= 11 is 0. The van der Waals surface area contributed by atoms with Crippen LogP contribution in [0.4, 0.5) is 4.39 Å². The van der Waals surface area contributed by atoms with Crippen LogP contribution in [-0.4, -0.2) is 10.1 Å². The van der Waals surface area contributed by atoms with Crippen molar-refractivity contribution in [3.05, 3.63) is 29.8 Å². The zero-order valence-electron chi connectivity index (χ0n) is 7.70. The molecule has 1 unspecified atom stereocenters. The minimum atomic E-state index is -0.763. The summed E-state index contributed by atoms with van der Waals surface area (Å²) in [6, 6.07) is 2.84. The van der Waals surface area contributed by atoms with E-state index in [0.717, 1.165) is 12.8 Å². The summed E-state index contributed by atoms with van der Waals surface area (Å²) < 4.78 is 13.0. The largest absolute Gasteiger partial charge is 0.387 e. The Balaban J connectivity index is 2.65. The second-order valence-electron chi connectivity index (χ2n) is 3.03. The average Bonchev–Trinajstić information content (AvgIpc) is 2.15. The molecule has 0 spiro atoms. The van der Waals surface area contributed by atoms with Crippen LogP contribution in [0.15, 0.2) is 18.3 Å². The molecule has 0 fully saturated rings. The zero-order chi connectivity index (χ0) is 9.68. The highest BCUT2D eigenvalue weighted by atomic mass is 19.1. The number of unbranched alkanes of at least 4 members (excludes halogenated alkanes) is 1. The Bertz CT molecular complexity index is 265. The molecule has 1 aromatic heterocycles. The molecule has 0 aromatic carbocycles. The van der Waals surface area contributed by atoms with Gasteiger partial charge in [-0.05, 0) is 18.6 Å². The molecule has 72 valence electrons. The number of hydrogen-bond donors (Lipinski definition) is 1. The fourth-order valence-corrected chi connectivity index (χ4v) is 1.18. The van der Waals surface area contributed by atoms with Crippen molar-refractivity contribution < 1.29 is 9.50 Å². The number of halogens is 1. The molecule has 0 saturated carbocycles. The van der Waals surface area contributed by atoms with Crippen LogP contribution >= 0.6 is 0 Å². The molecular formula is C10H14FNO. The van der Waals surface area contributed by atoms with E-state index in [1.165, 1.54) is 18.3 Å². The number of hydrogen-bond acceptors (Lipinski definition) is 2. The predicted molar refractivity (Wildman–Crippen MR) is 48.7 cm³/mol. The first kappa shape index (κ1) is 10.1. The first-order valence-corrected chi connectivity index (χ1v) is 4.54. The minimum absolute atomic E-state index is 0.163. The molecule has 13 heavy (non-hydrogen) atoms. The monoisotopic (exact) mass is 183 g/mol. The Labute approximate surface area is 77.4 Å². The minimum Gasteiger partial charge on any atom is -0.387 e. The van der Waals surface area contributed by atoms with Crippen LogP contribution in [0.25, 0.3) is 0 Å². The van der Waals surface area contributed by atoms with E-state index in [-0.39, 0.29) is 5.69 Å². The predicted octanol–water partition coefficient (Wildman–Crippen LogP) is 2.44. The molecule has 0 bridgehead atoms. The van der Waals surface area contributed by atoms with Crippen LogP contribution in [0.3, 0.4) is 0 Å². The zero-order valence-corrected chi connectivity index (χ0v) is 7.70. The van der Waals surface area contributed by atoms with Crippen molar-refractivity contribution in [3.8, 4) is 0 Å². The SMILES string of the molecule is CCCCC(O)c1ncccc1F. The molecule has 0 amide bonds. The third-order valence-electron chi connectivity index (χ3n) is 1.93. The summed E-state index contributed by atoms with van der Waals surface area (Å²) in [6.07, 6.45) is 3.18. The molecule has 3 heteroatoms. The number of aliphatic hydroxyl groups is 1. The van der Waals surface area contributed by atoms with Crippen LogP contribution in [0, 0.1) is 5.82 Å². The number of pyridine rings is 1. The van der Waals surface area contributed by atoms with Crippen molar-refractivity contribution in [3.63, 3.8) is 0 Å². The van der Waals surface area contributed by atoms with Crippen LogP contribution in [-0.2, 0) is 0 Å². The lowest BCUT2D eigenvalue weighted by molar-refractivity contribution is 0.154. The van der Waals surface area contributed by atoms with Crippen LogP contribution < -0.4 is 0 Å². The van der Waals surface area contributed by atoms with Gasteiger partial charge in [-0.3, -0.25) is 4.98 Å². The van der Waals surface area contributed by atoms with Gasteiger partial charge in [-0.1, -0.05) is 19.8 Å². The van der Waals surface area contributed by atoms with E-state index in [1.807, 2.05) is 6.92 Å². The van der Waals surface area contributed by atoms with Crippen molar-refractivity contribution in [1.82, 2.24) is 4.98 Å². The van der Waals surface area contributed by atoms with Gasteiger partial charge in [0.15, 0.2) is 0 Å². The molecule has 1 atom stereocenters. The van der Waals surface area contributed by atoms with E-state index >= 15 is 0 Å². The quantitative estimate of drug-likeness (QED) is 0.777. The van der Waals surface area contributed by atoms with E-state index in [4.69, 9.17) is 0 Å². The summed E-state index contributed by atoms with van der Waals surface area (Å²) in [5.74, 6) is -0.425. The first-order valence-electron chi connectivity index (χ1n) is 4.54. The van der Waals surface area contributed by atoms with E-state index in [0.29, 0.717) is 6.42 Å². The Morgan fingerprint density at radius 3 is 3.00 bits per heavy atom. The molecular weight excluding hydrogens is 169 g/mol. The van der Waals surface area contributed by atoms with Crippen LogP contribution in [0.2, 0.25) is 0 Å². The van der Waals surface area contributed by atoms with E-state index < -0.39 is 11.9 Å². The van der Waals surface area contributed by atoms with Gasteiger partial charge in [-0.15, -0.1) is 0 Å². The number of nitrogens with zero attached hydrogens (tertiary/aromatic N) is 1. The Morgan fingerprint density at radius 2 is 2.38 bits per heavy atom. The lowest BCUT2D eigenvalue weighted by atomic mass is 10.1. The highest BCUT2D eigenvalue weighted by Gasteiger charge is 2.12. The van der Waals surface area contributed by atoms with E-state index in [9.17, 15) is 9.50 Å². The maximum absolute atomic E-state index is 13.0. The molecule has 0 aliphatic rings. The molecule has 0 aliphatic heterocycles. The number of aromatic nitrogens is 1. The molecule has 2 nitrogen and oxygen atoms in total. The molecule has 1 heterocycles. The smallest absolute Gasteiger partial charge is 0.147 e. The second kappa shape index (κ2) is 4.92. The van der Waals surface area contributed by atoms with Crippen LogP contribution in [0.1, 0.15) is 38.0 Å². The molecule has 0 aliphatic carbocycles. The number of rotatable bonds is 4. The van der Waals surface area contributed by atoms with Gasteiger partial charge >= 0.3 is 0 Å². The van der Waals surface area contributed by atoms with Crippen molar-refractivity contribution >= 4 is 0 Å². The highest BCUT2D eigenvalue weighted by molar-refractivity contribution is 5.09.